The van der Waals surface area contributed by atoms with Crippen LogP contribution in [0.4, 0.5) is 0 Å². The Labute approximate surface area is 190 Å². The number of amides is 2. The van der Waals surface area contributed by atoms with E-state index < -0.39 is 5.41 Å². The van der Waals surface area contributed by atoms with Gasteiger partial charge in [-0.1, -0.05) is 36.4 Å². The molecular formula is C27H33N3O2. The van der Waals surface area contributed by atoms with E-state index >= 15 is 0 Å². The molecule has 1 aliphatic carbocycles. The summed E-state index contributed by atoms with van der Waals surface area (Å²) in [6.07, 6.45) is 12.7. The van der Waals surface area contributed by atoms with Crippen LogP contribution in [-0.2, 0) is 16.0 Å². The van der Waals surface area contributed by atoms with Gasteiger partial charge >= 0.3 is 0 Å². The fourth-order valence-corrected chi connectivity index (χ4v) is 5.12. The Kier molecular flexibility index (Phi) is 7.03. The molecule has 5 nitrogen and oxygen atoms in total. The summed E-state index contributed by atoms with van der Waals surface area (Å²) in [6, 6.07) is 12.3. The fraction of sp³-hybridized carbons (Fsp3) is 0.444. The Morgan fingerprint density at radius 3 is 2.53 bits per heavy atom. The van der Waals surface area contributed by atoms with Crippen molar-refractivity contribution in [1.29, 1.82) is 0 Å². The van der Waals surface area contributed by atoms with E-state index in [1.807, 2.05) is 36.1 Å². The predicted octanol–water partition coefficient (Wildman–Crippen LogP) is 4.39. The summed E-state index contributed by atoms with van der Waals surface area (Å²) in [5, 5.41) is 3.08. The second-order valence-electron chi connectivity index (χ2n) is 9.02. The highest BCUT2D eigenvalue weighted by atomic mass is 16.2. The van der Waals surface area contributed by atoms with Crippen LogP contribution in [0.5, 0.6) is 0 Å². The topological polar surface area (TPSA) is 62.3 Å². The van der Waals surface area contributed by atoms with Crippen LogP contribution in [0.2, 0.25) is 0 Å². The first-order chi connectivity index (χ1) is 15.6. The van der Waals surface area contributed by atoms with Crippen molar-refractivity contribution in [2.24, 2.45) is 11.3 Å². The number of carbonyl (C=O) groups excluding carboxylic acids is 2. The van der Waals surface area contributed by atoms with Crippen molar-refractivity contribution in [1.82, 2.24) is 15.2 Å². The molecule has 4 rings (SSSR count). The van der Waals surface area contributed by atoms with Gasteiger partial charge in [0, 0.05) is 37.9 Å². The van der Waals surface area contributed by atoms with Gasteiger partial charge in [-0.15, -0.1) is 0 Å². The Balaban J connectivity index is 1.55. The molecule has 0 bridgehead atoms. The van der Waals surface area contributed by atoms with Gasteiger partial charge < -0.3 is 10.2 Å². The lowest BCUT2D eigenvalue weighted by Crippen LogP contribution is -2.52. The largest absolute Gasteiger partial charge is 0.356 e. The lowest BCUT2D eigenvalue weighted by atomic mass is 9.71. The number of piperidine rings is 1. The highest BCUT2D eigenvalue weighted by Gasteiger charge is 2.43. The molecule has 168 valence electrons. The molecule has 1 fully saturated rings. The molecule has 0 unspecified atom stereocenters. The number of likely N-dealkylation sites (tertiary alicyclic amines) is 1. The SMILES string of the molecule is CCNC(=O)C1(Cc2ccccc2-c2ccncc2)CCN(C(=O)[C@@H]2CC=CCC2)CC1. The standard InChI is InChI=1S/C27H33N3O2/c1-2-29-26(32)27(14-18-30(19-15-27)25(31)22-8-4-3-5-9-22)20-23-10-6-7-11-24(23)21-12-16-28-17-13-21/h3-4,6-7,10-13,16-17,22H,2,5,8-9,14-15,18-20H2,1H3,(H,29,32)/t22-/m1/s1. The van der Waals surface area contributed by atoms with Crippen molar-refractivity contribution < 1.29 is 9.59 Å². The minimum absolute atomic E-state index is 0.101. The third-order valence-corrected chi connectivity index (χ3v) is 7.01. The van der Waals surface area contributed by atoms with Gasteiger partial charge in [0.15, 0.2) is 0 Å². The van der Waals surface area contributed by atoms with Crippen LogP contribution < -0.4 is 5.32 Å². The van der Waals surface area contributed by atoms with Crippen LogP contribution in [0, 0.1) is 11.3 Å². The van der Waals surface area contributed by atoms with Gasteiger partial charge in [0.2, 0.25) is 11.8 Å². The average molecular weight is 432 g/mol. The number of allylic oxidation sites excluding steroid dienone is 2. The number of nitrogens with one attached hydrogen (secondary N) is 1. The summed E-state index contributed by atoms with van der Waals surface area (Å²) in [5.41, 5.74) is 2.93. The van der Waals surface area contributed by atoms with Crippen LogP contribution in [0.25, 0.3) is 11.1 Å². The van der Waals surface area contributed by atoms with E-state index in [1.54, 1.807) is 12.4 Å². The van der Waals surface area contributed by atoms with Gasteiger partial charge in [-0.3, -0.25) is 14.6 Å². The summed E-state index contributed by atoms with van der Waals surface area (Å²) in [7, 11) is 0. The number of hydrogen-bond acceptors (Lipinski definition) is 3. The molecule has 1 saturated heterocycles. The first-order valence-electron chi connectivity index (χ1n) is 11.8. The molecule has 5 heteroatoms. The molecule has 0 radical (unpaired) electrons. The molecular weight excluding hydrogens is 398 g/mol. The molecule has 1 N–H and O–H groups in total. The van der Waals surface area contributed by atoms with E-state index in [4.69, 9.17) is 0 Å². The number of carbonyl (C=O) groups is 2. The predicted molar refractivity (Wildman–Crippen MR) is 127 cm³/mol. The number of benzene rings is 1. The Morgan fingerprint density at radius 2 is 1.84 bits per heavy atom. The number of nitrogens with zero attached hydrogens (tertiary/aromatic N) is 2. The fourth-order valence-electron chi connectivity index (χ4n) is 5.12. The molecule has 2 aliphatic rings. The normalized spacial score (nSPS) is 20.0. The maximum Gasteiger partial charge on any atom is 0.226 e. The Morgan fingerprint density at radius 1 is 1.09 bits per heavy atom. The van der Waals surface area contributed by atoms with E-state index in [9.17, 15) is 9.59 Å². The zero-order valence-electron chi connectivity index (χ0n) is 18.9. The summed E-state index contributed by atoms with van der Waals surface area (Å²) in [6.45, 7) is 3.87. The highest BCUT2D eigenvalue weighted by molar-refractivity contribution is 5.85. The van der Waals surface area contributed by atoms with Crippen LogP contribution in [0.1, 0.15) is 44.6 Å². The maximum absolute atomic E-state index is 13.3. The zero-order valence-corrected chi connectivity index (χ0v) is 18.9. The monoisotopic (exact) mass is 431 g/mol. The van der Waals surface area contributed by atoms with E-state index in [-0.39, 0.29) is 17.7 Å². The van der Waals surface area contributed by atoms with E-state index in [0.29, 0.717) is 38.9 Å². The van der Waals surface area contributed by atoms with Crippen LogP contribution in [0.3, 0.4) is 0 Å². The second kappa shape index (κ2) is 10.1. The van der Waals surface area contributed by atoms with Gasteiger partial charge in [0.25, 0.3) is 0 Å². The van der Waals surface area contributed by atoms with Crippen LogP contribution >= 0.6 is 0 Å². The van der Waals surface area contributed by atoms with E-state index in [2.05, 4.69) is 34.6 Å². The minimum atomic E-state index is -0.498. The van der Waals surface area contributed by atoms with Crippen molar-refractivity contribution in [2.75, 3.05) is 19.6 Å². The number of hydrogen-bond donors (Lipinski definition) is 1. The van der Waals surface area contributed by atoms with Crippen LogP contribution in [0.15, 0.2) is 60.9 Å². The van der Waals surface area contributed by atoms with Crippen LogP contribution in [-0.4, -0.2) is 41.3 Å². The summed E-state index contributed by atoms with van der Waals surface area (Å²) in [5.74, 6) is 0.470. The van der Waals surface area contributed by atoms with Crippen molar-refractivity contribution in [2.45, 2.75) is 45.4 Å². The molecule has 2 amide bonds. The van der Waals surface area contributed by atoms with Crippen molar-refractivity contribution in [3.8, 4) is 11.1 Å². The van der Waals surface area contributed by atoms with Gasteiger partial charge in [-0.05, 0) is 74.3 Å². The van der Waals surface area contributed by atoms with Crippen molar-refractivity contribution in [3.05, 3.63) is 66.5 Å². The summed E-state index contributed by atoms with van der Waals surface area (Å²) in [4.78, 5) is 32.5. The first-order valence-corrected chi connectivity index (χ1v) is 11.8. The maximum atomic E-state index is 13.3. The molecule has 0 saturated carbocycles. The molecule has 1 aromatic carbocycles. The molecule has 2 aromatic rings. The molecule has 1 atom stereocenters. The van der Waals surface area contributed by atoms with Gasteiger partial charge in [0.1, 0.15) is 0 Å². The average Bonchev–Trinajstić information content (AvgIpc) is 2.85. The van der Waals surface area contributed by atoms with E-state index in [0.717, 1.165) is 30.4 Å². The number of rotatable bonds is 6. The van der Waals surface area contributed by atoms with Gasteiger partial charge in [-0.25, -0.2) is 0 Å². The minimum Gasteiger partial charge on any atom is -0.356 e. The van der Waals surface area contributed by atoms with Crippen molar-refractivity contribution in [3.63, 3.8) is 0 Å². The van der Waals surface area contributed by atoms with Gasteiger partial charge in [-0.2, -0.15) is 0 Å². The zero-order chi connectivity index (χ0) is 22.4. The first kappa shape index (κ1) is 22.3. The highest BCUT2D eigenvalue weighted by Crippen LogP contribution is 2.39. The number of aromatic nitrogens is 1. The van der Waals surface area contributed by atoms with Crippen molar-refractivity contribution >= 4 is 11.8 Å². The lowest BCUT2D eigenvalue weighted by Gasteiger charge is -2.42. The molecule has 2 heterocycles. The molecule has 32 heavy (non-hydrogen) atoms. The summed E-state index contributed by atoms with van der Waals surface area (Å²) >= 11 is 0. The Hall–Kier alpha value is -2.95. The lowest BCUT2D eigenvalue weighted by molar-refractivity contribution is -0.143. The third kappa shape index (κ3) is 4.77. The quantitative estimate of drug-likeness (QED) is 0.690. The third-order valence-electron chi connectivity index (χ3n) is 7.01. The second-order valence-corrected chi connectivity index (χ2v) is 9.02. The number of pyridine rings is 1. The van der Waals surface area contributed by atoms with E-state index in [1.165, 1.54) is 5.56 Å². The molecule has 1 aromatic heterocycles. The molecule has 0 spiro atoms. The summed E-state index contributed by atoms with van der Waals surface area (Å²) < 4.78 is 0. The van der Waals surface area contributed by atoms with Gasteiger partial charge in [0.05, 0.1) is 5.41 Å². The Bertz CT molecular complexity index is 962. The molecule has 1 aliphatic heterocycles. The smallest absolute Gasteiger partial charge is 0.226 e.